The average Bonchev–Trinajstić information content (AvgIpc) is 3.09. The maximum atomic E-state index is 5.34. The molecule has 0 aliphatic carbocycles. The van der Waals surface area contributed by atoms with Crippen LogP contribution >= 0.6 is 24.0 Å². The third-order valence-corrected chi connectivity index (χ3v) is 4.45. The van der Waals surface area contributed by atoms with Gasteiger partial charge in [-0.2, -0.15) is 0 Å². The zero-order valence-electron chi connectivity index (χ0n) is 12.7. The highest BCUT2D eigenvalue weighted by Crippen LogP contribution is 2.36. The lowest BCUT2D eigenvalue weighted by molar-refractivity contribution is 0.276. The summed E-state index contributed by atoms with van der Waals surface area (Å²) in [5, 5.41) is 3.38. The molecule has 0 amide bonds. The first-order chi connectivity index (χ1) is 9.23. The van der Waals surface area contributed by atoms with Gasteiger partial charge in [0, 0.05) is 20.1 Å². The molecular formula is C15H26IN3O. The monoisotopic (exact) mass is 391 g/mol. The smallest absolute Gasteiger partial charge is 0.194 e. The van der Waals surface area contributed by atoms with Crippen LogP contribution in [0.25, 0.3) is 0 Å². The molecule has 0 bridgehead atoms. The molecule has 1 aliphatic rings. The van der Waals surface area contributed by atoms with Crippen molar-refractivity contribution in [2.75, 3.05) is 20.1 Å². The SMILES string of the molecule is CCC1(CC)CCN(C(=NC)NCc2ccco2)C1.I. The van der Waals surface area contributed by atoms with Gasteiger partial charge in [0.25, 0.3) is 0 Å². The first-order valence-electron chi connectivity index (χ1n) is 7.21. The lowest BCUT2D eigenvalue weighted by Gasteiger charge is -2.27. The van der Waals surface area contributed by atoms with Crippen LogP contribution in [0.15, 0.2) is 27.8 Å². The van der Waals surface area contributed by atoms with Gasteiger partial charge < -0.3 is 14.6 Å². The van der Waals surface area contributed by atoms with Gasteiger partial charge in [0.15, 0.2) is 5.96 Å². The Hall–Kier alpha value is -0.720. The molecule has 1 fully saturated rings. The lowest BCUT2D eigenvalue weighted by Crippen LogP contribution is -2.40. The maximum Gasteiger partial charge on any atom is 0.194 e. The van der Waals surface area contributed by atoms with Crippen molar-refractivity contribution in [2.45, 2.75) is 39.7 Å². The van der Waals surface area contributed by atoms with E-state index in [1.165, 1.54) is 19.3 Å². The number of likely N-dealkylation sites (tertiary alicyclic amines) is 1. The number of furan rings is 1. The Bertz CT molecular complexity index is 413. The molecule has 0 unspecified atom stereocenters. The fourth-order valence-electron chi connectivity index (χ4n) is 2.85. The first-order valence-corrected chi connectivity index (χ1v) is 7.21. The van der Waals surface area contributed by atoms with Crippen molar-refractivity contribution >= 4 is 29.9 Å². The molecule has 4 nitrogen and oxygen atoms in total. The van der Waals surface area contributed by atoms with E-state index in [-0.39, 0.29) is 24.0 Å². The van der Waals surface area contributed by atoms with Gasteiger partial charge in [0.1, 0.15) is 5.76 Å². The predicted octanol–water partition coefficient (Wildman–Crippen LogP) is 3.49. The van der Waals surface area contributed by atoms with Crippen LogP contribution in [0, 0.1) is 5.41 Å². The van der Waals surface area contributed by atoms with Crippen molar-refractivity contribution in [3.63, 3.8) is 0 Å². The summed E-state index contributed by atoms with van der Waals surface area (Å²) in [5.74, 6) is 1.93. The van der Waals surface area contributed by atoms with Crippen molar-refractivity contribution in [1.29, 1.82) is 0 Å². The van der Waals surface area contributed by atoms with E-state index >= 15 is 0 Å². The standard InChI is InChI=1S/C15H25N3O.HI/c1-4-15(5-2)8-9-18(12-15)14(16-3)17-11-13-7-6-10-19-13;/h6-7,10H,4-5,8-9,11-12H2,1-3H3,(H,16,17);1H. The van der Waals surface area contributed by atoms with Gasteiger partial charge in [-0.15, -0.1) is 24.0 Å². The van der Waals surface area contributed by atoms with E-state index in [9.17, 15) is 0 Å². The molecule has 0 atom stereocenters. The third-order valence-electron chi connectivity index (χ3n) is 4.45. The molecule has 1 saturated heterocycles. The molecule has 1 aliphatic heterocycles. The van der Waals surface area contributed by atoms with Crippen LogP contribution in [0.2, 0.25) is 0 Å². The summed E-state index contributed by atoms with van der Waals surface area (Å²) >= 11 is 0. The second kappa shape index (κ2) is 7.90. The third kappa shape index (κ3) is 3.90. The fourth-order valence-corrected chi connectivity index (χ4v) is 2.85. The first kappa shape index (κ1) is 17.3. The van der Waals surface area contributed by atoms with Crippen LogP contribution in [0.3, 0.4) is 0 Å². The summed E-state index contributed by atoms with van der Waals surface area (Å²) in [4.78, 5) is 6.76. The number of hydrogen-bond donors (Lipinski definition) is 1. The van der Waals surface area contributed by atoms with Crippen molar-refractivity contribution in [1.82, 2.24) is 10.2 Å². The number of nitrogens with one attached hydrogen (secondary N) is 1. The molecule has 20 heavy (non-hydrogen) atoms. The van der Waals surface area contributed by atoms with Gasteiger partial charge in [-0.1, -0.05) is 13.8 Å². The van der Waals surface area contributed by atoms with Crippen LogP contribution in [0.5, 0.6) is 0 Å². The van der Waals surface area contributed by atoms with Crippen molar-refractivity contribution in [3.05, 3.63) is 24.2 Å². The number of nitrogens with zero attached hydrogens (tertiary/aromatic N) is 2. The molecule has 0 saturated carbocycles. The molecular weight excluding hydrogens is 365 g/mol. The highest BCUT2D eigenvalue weighted by molar-refractivity contribution is 14.0. The molecule has 2 heterocycles. The quantitative estimate of drug-likeness (QED) is 0.485. The Balaban J connectivity index is 0.00000200. The number of rotatable bonds is 4. The van der Waals surface area contributed by atoms with Crippen LogP contribution in [-0.4, -0.2) is 31.0 Å². The van der Waals surface area contributed by atoms with E-state index in [0.29, 0.717) is 12.0 Å². The summed E-state index contributed by atoms with van der Waals surface area (Å²) in [5.41, 5.74) is 0.475. The van der Waals surface area contributed by atoms with Crippen molar-refractivity contribution in [2.24, 2.45) is 10.4 Å². The Labute approximate surface area is 139 Å². The number of aliphatic imine (C=N–C) groups is 1. The van der Waals surface area contributed by atoms with E-state index in [2.05, 4.69) is 29.1 Å². The second-order valence-electron chi connectivity index (χ2n) is 5.36. The molecule has 2 rings (SSSR count). The predicted molar refractivity (Wildman–Crippen MR) is 93.5 cm³/mol. The summed E-state index contributed by atoms with van der Waals surface area (Å²) in [6.45, 7) is 7.50. The number of halogens is 1. The topological polar surface area (TPSA) is 40.8 Å². The van der Waals surface area contributed by atoms with Crippen LogP contribution < -0.4 is 5.32 Å². The summed E-state index contributed by atoms with van der Waals surface area (Å²) in [6.07, 6.45) is 5.46. The second-order valence-corrected chi connectivity index (χ2v) is 5.36. The molecule has 0 aromatic carbocycles. The Morgan fingerprint density at radius 3 is 2.70 bits per heavy atom. The summed E-state index contributed by atoms with van der Waals surface area (Å²) < 4.78 is 5.34. The highest BCUT2D eigenvalue weighted by Gasteiger charge is 2.36. The zero-order chi connectivity index (χ0) is 13.7. The zero-order valence-corrected chi connectivity index (χ0v) is 15.0. The minimum Gasteiger partial charge on any atom is -0.467 e. The van der Waals surface area contributed by atoms with Gasteiger partial charge in [0.2, 0.25) is 0 Å². The molecule has 5 heteroatoms. The van der Waals surface area contributed by atoms with Gasteiger partial charge >= 0.3 is 0 Å². The van der Waals surface area contributed by atoms with Crippen LogP contribution in [-0.2, 0) is 6.54 Å². The van der Waals surface area contributed by atoms with E-state index in [0.717, 1.165) is 24.8 Å². The maximum absolute atomic E-state index is 5.34. The van der Waals surface area contributed by atoms with Crippen LogP contribution in [0.4, 0.5) is 0 Å². The average molecular weight is 391 g/mol. The molecule has 114 valence electrons. The van der Waals surface area contributed by atoms with Gasteiger partial charge in [-0.05, 0) is 36.8 Å². The molecule has 1 aromatic rings. The largest absolute Gasteiger partial charge is 0.467 e. The van der Waals surface area contributed by atoms with Crippen molar-refractivity contribution in [3.8, 4) is 0 Å². The Kier molecular flexibility index (Phi) is 6.85. The van der Waals surface area contributed by atoms with E-state index < -0.39 is 0 Å². The van der Waals surface area contributed by atoms with Gasteiger partial charge in [0.05, 0.1) is 12.8 Å². The van der Waals surface area contributed by atoms with E-state index in [1.54, 1.807) is 6.26 Å². The van der Waals surface area contributed by atoms with E-state index in [1.807, 2.05) is 19.2 Å². The number of hydrogen-bond acceptors (Lipinski definition) is 2. The van der Waals surface area contributed by atoms with Crippen LogP contribution in [0.1, 0.15) is 38.9 Å². The summed E-state index contributed by atoms with van der Waals surface area (Å²) in [6, 6.07) is 3.89. The Morgan fingerprint density at radius 1 is 1.45 bits per heavy atom. The normalized spacial score (nSPS) is 17.9. The van der Waals surface area contributed by atoms with Gasteiger partial charge in [-0.25, -0.2) is 0 Å². The highest BCUT2D eigenvalue weighted by atomic mass is 127. The van der Waals surface area contributed by atoms with E-state index in [4.69, 9.17) is 4.42 Å². The lowest BCUT2D eigenvalue weighted by atomic mass is 9.82. The Morgan fingerprint density at radius 2 is 2.20 bits per heavy atom. The molecule has 0 spiro atoms. The van der Waals surface area contributed by atoms with Crippen molar-refractivity contribution < 1.29 is 4.42 Å². The minimum absolute atomic E-state index is 0. The number of guanidine groups is 1. The molecule has 0 radical (unpaired) electrons. The molecule has 1 aromatic heterocycles. The summed E-state index contributed by atoms with van der Waals surface area (Å²) in [7, 11) is 1.85. The fraction of sp³-hybridized carbons (Fsp3) is 0.667. The van der Waals surface area contributed by atoms with Gasteiger partial charge in [-0.3, -0.25) is 4.99 Å². The molecule has 1 N–H and O–H groups in total. The minimum atomic E-state index is 0.